The molecular formula is C36H30F2N8O2. The Labute approximate surface area is 273 Å². The highest BCUT2D eigenvalue weighted by Gasteiger charge is 2.44. The summed E-state index contributed by atoms with van der Waals surface area (Å²) in [6, 6.07) is 18.8. The van der Waals surface area contributed by atoms with E-state index < -0.39 is 24.2 Å². The number of halogens is 2. The second-order valence-electron chi connectivity index (χ2n) is 11.9. The number of aromatic nitrogens is 4. The lowest BCUT2D eigenvalue weighted by atomic mass is 10.0. The van der Waals surface area contributed by atoms with Crippen LogP contribution >= 0.6 is 0 Å². The second-order valence-corrected chi connectivity index (χ2v) is 11.9. The van der Waals surface area contributed by atoms with E-state index >= 15 is 0 Å². The van der Waals surface area contributed by atoms with Gasteiger partial charge in [0, 0.05) is 70.5 Å². The molecule has 4 heterocycles. The molecule has 0 aliphatic heterocycles. The van der Waals surface area contributed by atoms with Crippen molar-refractivity contribution in [3.8, 4) is 22.3 Å². The van der Waals surface area contributed by atoms with E-state index in [0.29, 0.717) is 23.0 Å². The average molecular weight is 645 g/mol. The van der Waals surface area contributed by atoms with Crippen LogP contribution in [0.4, 0.5) is 31.8 Å². The van der Waals surface area contributed by atoms with E-state index in [-0.39, 0.29) is 24.7 Å². The van der Waals surface area contributed by atoms with Crippen LogP contribution in [0.2, 0.25) is 0 Å². The Morgan fingerprint density at radius 2 is 1.04 bits per heavy atom. The van der Waals surface area contributed by atoms with E-state index in [0.717, 1.165) is 43.8 Å². The van der Waals surface area contributed by atoms with Gasteiger partial charge in [-0.05, 0) is 83.3 Å². The fraction of sp³-hybridized carbons (Fsp3) is 0.167. The number of alkyl halides is 2. The third-order valence-electron chi connectivity index (χ3n) is 8.33. The number of carbonyl (C=O) groups excluding carboxylic acids is 2. The normalized spacial score (nSPS) is 19.2. The van der Waals surface area contributed by atoms with Crippen molar-refractivity contribution in [2.75, 3.05) is 22.1 Å². The Bertz CT molecular complexity index is 2010. The third kappa shape index (κ3) is 6.59. The third-order valence-corrected chi connectivity index (χ3v) is 8.33. The fourth-order valence-electron chi connectivity index (χ4n) is 5.42. The molecule has 2 saturated carbocycles. The van der Waals surface area contributed by atoms with Crippen LogP contribution in [0.3, 0.4) is 0 Å². The summed E-state index contributed by atoms with van der Waals surface area (Å²) in [4.78, 5) is 40.3. The lowest BCUT2D eigenvalue weighted by Crippen LogP contribution is -2.15. The number of hydrogen-bond donors (Lipinski definition) is 4. The van der Waals surface area contributed by atoms with Crippen molar-refractivity contribution in [3.05, 3.63) is 97.8 Å². The minimum atomic E-state index is -1.03. The van der Waals surface area contributed by atoms with Crippen LogP contribution in [0.25, 0.3) is 43.8 Å². The maximum atomic E-state index is 13.0. The van der Waals surface area contributed by atoms with Gasteiger partial charge in [0.1, 0.15) is 24.0 Å². The molecule has 6 N–H and O–H groups in total. The molecule has 8 rings (SSSR count). The van der Waals surface area contributed by atoms with E-state index in [2.05, 4.69) is 30.6 Å². The van der Waals surface area contributed by atoms with Crippen molar-refractivity contribution < 1.29 is 18.4 Å². The van der Waals surface area contributed by atoms with E-state index in [1.54, 1.807) is 49.3 Å². The number of amides is 2. The maximum Gasteiger partial charge on any atom is 0.231 e. The van der Waals surface area contributed by atoms with Crippen LogP contribution in [0, 0.1) is 11.8 Å². The predicted molar refractivity (Wildman–Crippen MR) is 182 cm³/mol. The van der Waals surface area contributed by atoms with E-state index in [1.807, 2.05) is 48.5 Å². The molecule has 12 heteroatoms. The molecule has 0 spiro atoms. The average Bonchev–Trinajstić information content (AvgIpc) is 4.02. The van der Waals surface area contributed by atoms with Crippen molar-refractivity contribution in [3.63, 3.8) is 0 Å². The Kier molecular flexibility index (Phi) is 8.05. The molecule has 48 heavy (non-hydrogen) atoms. The van der Waals surface area contributed by atoms with Gasteiger partial charge < -0.3 is 22.1 Å². The highest BCUT2D eigenvalue weighted by Crippen LogP contribution is 2.36. The Morgan fingerprint density at radius 3 is 1.40 bits per heavy atom. The molecule has 2 fully saturated rings. The first-order chi connectivity index (χ1) is 23.2. The number of rotatable bonds is 6. The molecule has 2 aliphatic carbocycles. The summed E-state index contributed by atoms with van der Waals surface area (Å²) >= 11 is 0. The number of nitrogen functional groups attached to an aromatic ring is 2. The molecular weight excluding hydrogens is 614 g/mol. The Hall–Kier alpha value is -6.04. The van der Waals surface area contributed by atoms with Gasteiger partial charge in [0.2, 0.25) is 11.8 Å². The molecule has 4 aromatic heterocycles. The number of anilines is 4. The number of carbonyl (C=O) groups is 2. The van der Waals surface area contributed by atoms with Gasteiger partial charge >= 0.3 is 0 Å². The fourth-order valence-corrected chi connectivity index (χ4v) is 5.42. The predicted octanol–water partition coefficient (Wildman–Crippen LogP) is 6.35. The summed E-state index contributed by atoms with van der Waals surface area (Å²) in [6.45, 7) is 0. The van der Waals surface area contributed by atoms with Crippen LogP contribution in [0.1, 0.15) is 12.8 Å². The molecule has 0 saturated heterocycles. The Morgan fingerprint density at radius 1 is 0.625 bits per heavy atom. The molecule has 10 nitrogen and oxygen atoms in total. The monoisotopic (exact) mass is 644 g/mol. The van der Waals surface area contributed by atoms with Crippen molar-refractivity contribution in [2.45, 2.75) is 25.2 Å². The van der Waals surface area contributed by atoms with Crippen LogP contribution < -0.4 is 22.1 Å². The van der Waals surface area contributed by atoms with Crippen LogP contribution in [0.15, 0.2) is 97.8 Å². The zero-order valence-electron chi connectivity index (χ0n) is 25.5. The smallest absolute Gasteiger partial charge is 0.231 e. The number of nitrogens with two attached hydrogens (primary N) is 2. The molecule has 0 radical (unpaired) electrons. The first kappa shape index (κ1) is 30.6. The van der Waals surface area contributed by atoms with Gasteiger partial charge in [0.25, 0.3) is 0 Å². The molecule has 0 bridgehead atoms. The first-order valence-corrected chi connectivity index (χ1v) is 15.3. The number of nitrogens with one attached hydrogen (secondary N) is 2. The highest BCUT2D eigenvalue weighted by atomic mass is 19.1. The van der Waals surface area contributed by atoms with Gasteiger partial charge in [-0.25, -0.2) is 18.7 Å². The van der Waals surface area contributed by atoms with Crippen LogP contribution in [-0.2, 0) is 9.59 Å². The molecule has 4 atom stereocenters. The van der Waals surface area contributed by atoms with Gasteiger partial charge in [-0.15, -0.1) is 0 Å². The highest BCUT2D eigenvalue weighted by molar-refractivity contribution is 6.01. The van der Waals surface area contributed by atoms with Gasteiger partial charge in [-0.3, -0.25) is 19.6 Å². The lowest BCUT2D eigenvalue weighted by Gasteiger charge is -2.09. The minimum absolute atomic E-state index is 0.289. The van der Waals surface area contributed by atoms with Gasteiger partial charge in [-0.2, -0.15) is 0 Å². The molecule has 0 unspecified atom stereocenters. The van der Waals surface area contributed by atoms with E-state index in [9.17, 15) is 18.4 Å². The number of hydrogen-bond acceptors (Lipinski definition) is 8. The first-order valence-electron chi connectivity index (χ1n) is 15.3. The number of benzene rings is 2. The zero-order chi connectivity index (χ0) is 33.4. The summed E-state index contributed by atoms with van der Waals surface area (Å²) < 4.78 is 25.9. The van der Waals surface area contributed by atoms with E-state index in [1.165, 1.54) is 0 Å². The SMILES string of the molecule is Nc1cc(-c2cccnc2)cc2cc(NC(=O)[C@@H]3C[C@@H]3F)ncc12.Nc1cc(-c2cccnc2)cc2cc(NC(=O)[C@H]3C[C@H]3F)ncc12. The summed E-state index contributed by atoms with van der Waals surface area (Å²) in [6.07, 6.45) is 8.70. The summed E-state index contributed by atoms with van der Waals surface area (Å²) in [5, 5.41) is 8.63. The molecule has 2 aromatic carbocycles. The Balaban J connectivity index is 0.000000152. The number of fused-ring (bicyclic) bond motifs is 2. The summed E-state index contributed by atoms with van der Waals surface area (Å²) in [5.41, 5.74) is 17.2. The van der Waals surface area contributed by atoms with E-state index in [4.69, 9.17) is 11.5 Å². The van der Waals surface area contributed by atoms with Crippen molar-refractivity contribution in [2.24, 2.45) is 11.8 Å². The molecule has 6 aromatic rings. The number of pyridine rings is 4. The summed E-state index contributed by atoms with van der Waals surface area (Å²) in [7, 11) is 0. The maximum absolute atomic E-state index is 13.0. The van der Waals surface area contributed by atoms with Gasteiger partial charge in [0.05, 0.1) is 11.8 Å². The zero-order valence-corrected chi connectivity index (χ0v) is 25.5. The lowest BCUT2D eigenvalue weighted by molar-refractivity contribution is -0.118. The topological polar surface area (TPSA) is 162 Å². The molecule has 2 amide bonds. The quantitative estimate of drug-likeness (QED) is 0.153. The van der Waals surface area contributed by atoms with Crippen LogP contribution in [-0.4, -0.2) is 44.1 Å². The number of nitrogens with zero attached hydrogens (tertiary/aromatic N) is 4. The van der Waals surface area contributed by atoms with Gasteiger partial charge in [0.15, 0.2) is 0 Å². The van der Waals surface area contributed by atoms with Gasteiger partial charge in [-0.1, -0.05) is 12.1 Å². The van der Waals surface area contributed by atoms with Crippen LogP contribution in [0.5, 0.6) is 0 Å². The van der Waals surface area contributed by atoms with Crippen molar-refractivity contribution in [1.29, 1.82) is 0 Å². The largest absolute Gasteiger partial charge is 0.398 e. The second kappa shape index (κ2) is 12.6. The summed E-state index contributed by atoms with van der Waals surface area (Å²) in [5.74, 6) is -0.955. The molecule has 240 valence electrons. The molecule has 2 aliphatic rings. The minimum Gasteiger partial charge on any atom is -0.398 e. The van der Waals surface area contributed by atoms with Crippen molar-refractivity contribution in [1.82, 2.24) is 19.9 Å². The standard InChI is InChI=1S/2C18H15FN4O/c2*19-15-7-13(15)18(24)23-17-6-12-4-11(10-2-1-3-21-8-10)5-16(20)14(12)9-22-17/h2*1-6,8-9,13,15H,7,20H2,(H,22,23,24)/t2*13-,15+/m10/s1. The van der Waals surface area contributed by atoms with Crippen molar-refractivity contribution >= 4 is 56.4 Å².